The minimum Gasteiger partial charge on any atom is -0.497 e. The predicted octanol–water partition coefficient (Wildman–Crippen LogP) is 3.85. The van der Waals surface area contributed by atoms with Gasteiger partial charge in [0.25, 0.3) is 0 Å². The molecule has 0 unspecified atom stereocenters. The van der Waals surface area contributed by atoms with Crippen LogP contribution in [0.4, 0.5) is 4.39 Å². The third kappa shape index (κ3) is 4.24. The van der Waals surface area contributed by atoms with Crippen LogP contribution in [0.1, 0.15) is 23.6 Å². The largest absolute Gasteiger partial charge is 0.497 e. The maximum atomic E-state index is 13.6. The SMILES string of the molecule is CCc1ccc(/C=N/N=C/c2ccc(OC)cc2F)cc1. The number of hydrogen-bond acceptors (Lipinski definition) is 3. The van der Waals surface area contributed by atoms with Crippen molar-refractivity contribution in [1.29, 1.82) is 0 Å². The quantitative estimate of drug-likeness (QED) is 0.606. The third-order valence-electron chi connectivity index (χ3n) is 3.07. The molecule has 0 aliphatic carbocycles. The molecule has 0 aliphatic rings. The summed E-state index contributed by atoms with van der Waals surface area (Å²) in [6.45, 7) is 2.11. The number of rotatable bonds is 5. The van der Waals surface area contributed by atoms with Gasteiger partial charge in [-0.1, -0.05) is 31.2 Å². The standard InChI is InChI=1S/C17H17FN2O/c1-3-13-4-6-14(7-5-13)11-19-20-12-15-8-9-16(21-2)10-17(15)18/h4-12H,3H2,1-2H3/b19-11+,20-12+. The number of ether oxygens (including phenoxy) is 1. The van der Waals surface area contributed by atoms with Gasteiger partial charge < -0.3 is 4.74 Å². The molecule has 0 aliphatic heterocycles. The minimum atomic E-state index is -0.388. The number of hydrogen-bond donors (Lipinski definition) is 0. The van der Waals surface area contributed by atoms with Gasteiger partial charge in [-0.3, -0.25) is 0 Å². The van der Waals surface area contributed by atoms with Crippen molar-refractivity contribution in [3.8, 4) is 5.75 Å². The number of methoxy groups -OCH3 is 1. The molecule has 0 spiro atoms. The molecule has 3 nitrogen and oxygen atoms in total. The van der Waals surface area contributed by atoms with E-state index >= 15 is 0 Å². The Bertz CT molecular complexity index is 648. The molecule has 2 aromatic carbocycles. The lowest BCUT2D eigenvalue weighted by Crippen LogP contribution is -1.90. The fraction of sp³-hybridized carbons (Fsp3) is 0.176. The molecule has 0 N–H and O–H groups in total. The Morgan fingerprint density at radius 2 is 1.76 bits per heavy atom. The highest BCUT2D eigenvalue weighted by Crippen LogP contribution is 2.14. The summed E-state index contributed by atoms with van der Waals surface area (Å²) in [6, 6.07) is 12.6. The summed E-state index contributed by atoms with van der Waals surface area (Å²) < 4.78 is 18.6. The van der Waals surface area contributed by atoms with Gasteiger partial charge in [0.15, 0.2) is 0 Å². The zero-order valence-electron chi connectivity index (χ0n) is 12.1. The molecule has 0 heterocycles. The average molecular weight is 284 g/mol. The van der Waals surface area contributed by atoms with Gasteiger partial charge in [0.1, 0.15) is 11.6 Å². The summed E-state index contributed by atoms with van der Waals surface area (Å²) in [4.78, 5) is 0. The van der Waals surface area contributed by atoms with E-state index in [1.165, 1.54) is 25.0 Å². The van der Waals surface area contributed by atoms with E-state index in [1.807, 2.05) is 24.3 Å². The first-order valence-electron chi connectivity index (χ1n) is 6.72. The molecular formula is C17H17FN2O. The van der Waals surface area contributed by atoms with Crippen molar-refractivity contribution in [2.75, 3.05) is 7.11 Å². The van der Waals surface area contributed by atoms with Crippen molar-refractivity contribution < 1.29 is 9.13 Å². The van der Waals surface area contributed by atoms with Crippen LogP contribution >= 0.6 is 0 Å². The lowest BCUT2D eigenvalue weighted by molar-refractivity contribution is 0.411. The van der Waals surface area contributed by atoms with Crippen LogP contribution < -0.4 is 4.74 Å². The molecule has 0 amide bonds. The van der Waals surface area contributed by atoms with Crippen molar-refractivity contribution in [1.82, 2.24) is 0 Å². The van der Waals surface area contributed by atoms with Crippen LogP contribution in [0, 0.1) is 5.82 Å². The molecule has 0 atom stereocenters. The first-order chi connectivity index (χ1) is 10.2. The molecule has 0 fully saturated rings. The number of halogens is 1. The summed E-state index contributed by atoms with van der Waals surface area (Å²) in [7, 11) is 1.50. The zero-order valence-corrected chi connectivity index (χ0v) is 12.1. The van der Waals surface area contributed by atoms with Crippen LogP contribution in [0.15, 0.2) is 52.7 Å². The predicted molar refractivity (Wildman–Crippen MR) is 84.0 cm³/mol. The van der Waals surface area contributed by atoms with Crippen molar-refractivity contribution in [3.05, 3.63) is 65.0 Å². The Morgan fingerprint density at radius 3 is 2.38 bits per heavy atom. The fourth-order valence-corrected chi connectivity index (χ4v) is 1.77. The minimum absolute atomic E-state index is 0.370. The van der Waals surface area contributed by atoms with E-state index in [-0.39, 0.29) is 5.82 Å². The monoisotopic (exact) mass is 284 g/mol. The zero-order chi connectivity index (χ0) is 15.1. The molecule has 108 valence electrons. The molecule has 2 rings (SSSR count). The van der Waals surface area contributed by atoms with Gasteiger partial charge in [0.2, 0.25) is 0 Å². The number of nitrogens with zero attached hydrogens (tertiary/aromatic N) is 2. The van der Waals surface area contributed by atoms with Crippen LogP contribution in [0.5, 0.6) is 5.75 Å². The van der Waals surface area contributed by atoms with Gasteiger partial charge in [-0.15, -0.1) is 0 Å². The van der Waals surface area contributed by atoms with Crippen molar-refractivity contribution >= 4 is 12.4 Å². The Kier molecular flexibility index (Phi) is 5.21. The summed E-state index contributed by atoms with van der Waals surface area (Å²) in [5.74, 6) is 0.0877. The van der Waals surface area contributed by atoms with Crippen LogP contribution in [0.2, 0.25) is 0 Å². The van der Waals surface area contributed by atoms with E-state index in [0.717, 1.165) is 12.0 Å². The van der Waals surface area contributed by atoms with Crippen molar-refractivity contribution in [2.24, 2.45) is 10.2 Å². The number of aryl methyl sites for hydroxylation is 1. The maximum absolute atomic E-state index is 13.6. The first-order valence-corrected chi connectivity index (χ1v) is 6.72. The van der Waals surface area contributed by atoms with Gasteiger partial charge in [-0.05, 0) is 29.7 Å². The third-order valence-corrected chi connectivity index (χ3v) is 3.07. The van der Waals surface area contributed by atoms with Gasteiger partial charge in [0, 0.05) is 11.6 Å². The molecule has 4 heteroatoms. The van der Waals surface area contributed by atoms with Crippen LogP contribution in [0.3, 0.4) is 0 Å². The second kappa shape index (κ2) is 7.33. The van der Waals surface area contributed by atoms with Crippen molar-refractivity contribution in [2.45, 2.75) is 13.3 Å². The normalized spacial score (nSPS) is 11.4. The van der Waals surface area contributed by atoms with Gasteiger partial charge >= 0.3 is 0 Å². The summed E-state index contributed by atoms with van der Waals surface area (Å²) >= 11 is 0. The molecular weight excluding hydrogens is 267 g/mol. The highest BCUT2D eigenvalue weighted by molar-refractivity contribution is 5.83. The Morgan fingerprint density at radius 1 is 1.05 bits per heavy atom. The first kappa shape index (κ1) is 14.9. The molecule has 0 saturated carbocycles. The fourth-order valence-electron chi connectivity index (χ4n) is 1.77. The highest BCUT2D eigenvalue weighted by atomic mass is 19.1. The molecule has 0 bridgehead atoms. The maximum Gasteiger partial charge on any atom is 0.135 e. The lowest BCUT2D eigenvalue weighted by Gasteiger charge is -2.00. The molecule has 2 aromatic rings. The van der Waals surface area contributed by atoms with E-state index in [4.69, 9.17) is 4.74 Å². The Balaban J connectivity index is 2.02. The van der Waals surface area contributed by atoms with Gasteiger partial charge in [-0.2, -0.15) is 10.2 Å². The van der Waals surface area contributed by atoms with E-state index in [2.05, 4.69) is 17.1 Å². The van der Waals surface area contributed by atoms with Crippen LogP contribution in [-0.2, 0) is 6.42 Å². The summed E-state index contributed by atoms with van der Waals surface area (Å²) in [5, 5.41) is 7.78. The van der Waals surface area contributed by atoms with Crippen molar-refractivity contribution in [3.63, 3.8) is 0 Å². The summed E-state index contributed by atoms with van der Waals surface area (Å²) in [6.07, 6.45) is 4.02. The second-order valence-corrected chi connectivity index (χ2v) is 4.47. The van der Waals surface area contributed by atoms with E-state index in [0.29, 0.717) is 11.3 Å². The average Bonchev–Trinajstić information content (AvgIpc) is 2.53. The Hall–Kier alpha value is -2.49. The van der Waals surface area contributed by atoms with Crippen LogP contribution in [0.25, 0.3) is 0 Å². The van der Waals surface area contributed by atoms with Gasteiger partial charge in [0.05, 0.1) is 19.5 Å². The molecule has 21 heavy (non-hydrogen) atoms. The van der Waals surface area contributed by atoms with E-state index < -0.39 is 0 Å². The smallest absolute Gasteiger partial charge is 0.135 e. The summed E-state index contributed by atoms with van der Waals surface area (Å²) in [5.41, 5.74) is 2.60. The van der Waals surface area contributed by atoms with E-state index in [9.17, 15) is 4.39 Å². The Labute approximate surface area is 123 Å². The highest BCUT2D eigenvalue weighted by Gasteiger charge is 2.00. The van der Waals surface area contributed by atoms with Crippen LogP contribution in [-0.4, -0.2) is 19.5 Å². The second-order valence-electron chi connectivity index (χ2n) is 4.47. The topological polar surface area (TPSA) is 34.0 Å². The van der Waals surface area contributed by atoms with Gasteiger partial charge in [-0.25, -0.2) is 4.39 Å². The molecule has 0 aromatic heterocycles. The van der Waals surface area contributed by atoms with E-state index in [1.54, 1.807) is 18.3 Å². The lowest BCUT2D eigenvalue weighted by atomic mass is 10.1. The molecule has 0 radical (unpaired) electrons. The molecule has 0 saturated heterocycles. The number of benzene rings is 2.